The topological polar surface area (TPSA) is 114 Å². The Morgan fingerprint density at radius 3 is 2.29 bits per heavy atom. The number of carbonyl (C=O) groups is 2. The third-order valence-electron chi connectivity index (χ3n) is 6.88. The van der Waals surface area contributed by atoms with Gasteiger partial charge in [0.15, 0.2) is 6.61 Å². The molecule has 12 heteroatoms. The van der Waals surface area contributed by atoms with E-state index in [9.17, 15) is 18.0 Å². The fraction of sp³-hybridized carbons (Fsp3) is 0.333. The molecule has 1 fully saturated rings. The van der Waals surface area contributed by atoms with Crippen LogP contribution >= 0.6 is 11.6 Å². The van der Waals surface area contributed by atoms with Gasteiger partial charge in [0, 0.05) is 31.2 Å². The molecule has 1 N–H and O–H groups in total. The minimum atomic E-state index is -3.65. The van der Waals surface area contributed by atoms with Gasteiger partial charge in [-0.15, -0.1) is 0 Å². The van der Waals surface area contributed by atoms with Crippen LogP contribution in [0.25, 0.3) is 0 Å². The van der Waals surface area contributed by atoms with Gasteiger partial charge < -0.3 is 24.4 Å². The summed E-state index contributed by atoms with van der Waals surface area (Å²) in [6.45, 7) is 2.96. The number of hydrogen-bond acceptors (Lipinski definition) is 7. The number of rotatable bonds is 12. The van der Waals surface area contributed by atoms with Gasteiger partial charge in [-0.05, 0) is 60.5 Å². The molecular weight excluding hydrogens is 582 g/mol. The van der Waals surface area contributed by atoms with E-state index in [1.807, 2.05) is 30.3 Å². The second kappa shape index (κ2) is 14.5. The van der Waals surface area contributed by atoms with E-state index in [2.05, 4.69) is 5.32 Å². The molecule has 0 aromatic heterocycles. The molecule has 1 aliphatic heterocycles. The predicted octanol–water partition coefficient (Wildman–Crippen LogP) is 3.48. The van der Waals surface area contributed by atoms with Gasteiger partial charge in [-0.3, -0.25) is 9.59 Å². The molecule has 2 amide bonds. The van der Waals surface area contributed by atoms with Crippen molar-refractivity contribution in [3.63, 3.8) is 0 Å². The van der Waals surface area contributed by atoms with Gasteiger partial charge in [-0.25, -0.2) is 8.42 Å². The molecule has 3 aromatic rings. The molecule has 0 spiro atoms. The van der Waals surface area contributed by atoms with Crippen LogP contribution in [0.4, 0.5) is 0 Å². The highest BCUT2D eigenvalue weighted by molar-refractivity contribution is 7.89. The summed E-state index contributed by atoms with van der Waals surface area (Å²) in [5.74, 6) is 0.222. The summed E-state index contributed by atoms with van der Waals surface area (Å²) in [6.07, 6.45) is 0. The van der Waals surface area contributed by atoms with Crippen LogP contribution in [0.3, 0.4) is 0 Å². The van der Waals surface area contributed by atoms with E-state index < -0.39 is 22.0 Å². The quantitative estimate of drug-likeness (QED) is 0.332. The van der Waals surface area contributed by atoms with Gasteiger partial charge >= 0.3 is 0 Å². The highest BCUT2D eigenvalue weighted by Crippen LogP contribution is 2.21. The summed E-state index contributed by atoms with van der Waals surface area (Å²) in [7, 11) is -2.08. The Labute approximate surface area is 251 Å². The summed E-state index contributed by atoms with van der Waals surface area (Å²) in [6, 6.07) is 19.5. The Morgan fingerprint density at radius 2 is 1.64 bits per heavy atom. The zero-order valence-corrected chi connectivity index (χ0v) is 25.1. The van der Waals surface area contributed by atoms with Gasteiger partial charge in [-0.2, -0.15) is 4.31 Å². The van der Waals surface area contributed by atoms with E-state index in [1.54, 1.807) is 32.2 Å². The molecule has 1 heterocycles. The number of morpholine rings is 1. The van der Waals surface area contributed by atoms with Crippen LogP contribution < -0.4 is 14.8 Å². The highest BCUT2D eigenvalue weighted by Gasteiger charge is 2.28. The second-order valence-electron chi connectivity index (χ2n) is 9.63. The monoisotopic (exact) mass is 615 g/mol. The summed E-state index contributed by atoms with van der Waals surface area (Å²) in [4.78, 5) is 28.1. The summed E-state index contributed by atoms with van der Waals surface area (Å²) >= 11 is 6.22. The minimum Gasteiger partial charge on any atom is -0.497 e. The number of carbonyl (C=O) groups excluding carboxylic acids is 2. The van der Waals surface area contributed by atoms with Crippen molar-refractivity contribution < 1.29 is 32.2 Å². The SMILES string of the molecule is COc1ccc(CN(C(=O)COc2ccc(S(=O)(=O)N3CCOCC3)cc2)[C@H](C)C(=O)NCc2ccccc2Cl)cc1. The van der Waals surface area contributed by atoms with Gasteiger partial charge in [0.25, 0.3) is 5.91 Å². The van der Waals surface area contributed by atoms with Crippen molar-refractivity contribution in [3.05, 3.63) is 88.9 Å². The molecule has 0 aliphatic carbocycles. The van der Waals surface area contributed by atoms with Gasteiger partial charge in [-0.1, -0.05) is 41.9 Å². The average Bonchev–Trinajstić information content (AvgIpc) is 3.02. The van der Waals surface area contributed by atoms with Gasteiger partial charge in [0.1, 0.15) is 17.5 Å². The second-order valence-corrected chi connectivity index (χ2v) is 12.0. The van der Waals surface area contributed by atoms with Crippen LogP contribution in [0.2, 0.25) is 5.02 Å². The van der Waals surface area contributed by atoms with Crippen molar-refractivity contribution in [3.8, 4) is 11.5 Å². The maximum Gasteiger partial charge on any atom is 0.261 e. The number of hydrogen-bond donors (Lipinski definition) is 1. The van der Waals surface area contributed by atoms with Crippen LogP contribution in [-0.2, 0) is 37.4 Å². The Hall–Kier alpha value is -3.64. The molecule has 10 nitrogen and oxygen atoms in total. The third-order valence-corrected chi connectivity index (χ3v) is 9.17. The molecule has 1 atom stereocenters. The van der Waals surface area contributed by atoms with Crippen molar-refractivity contribution >= 4 is 33.4 Å². The van der Waals surface area contributed by atoms with Gasteiger partial charge in [0.05, 0.1) is 25.2 Å². The molecular formula is C30H34ClN3O7S. The van der Waals surface area contributed by atoms with E-state index in [0.717, 1.165) is 11.1 Å². The highest BCUT2D eigenvalue weighted by atomic mass is 35.5. The Balaban J connectivity index is 1.43. The fourth-order valence-electron chi connectivity index (χ4n) is 4.35. The molecule has 3 aromatic carbocycles. The first-order valence-corrected chi connectivity index (χ1v) is 15.2. The van der Waals surface area contributed by atoms with Crippen molar-refractivity contribution in [2.45, 2.75) is 31.0 Å². The van der Waals surface area contributed by atoms with E-state index in [-0.39, 0.29) is 30.5 Å². The third kappa shape index (κ3) is 8.01. The first-order valence-electron chi connectivity index (χ1n) is 13.4. The van der Waals surface area contributed by atoms with E-state index in [4.69, 9.17) is 25.8 Å². The lowest BCUT2D eigenvalue weighted by Crippen LogP contribution is -2.48. The lowest BCUT2D eigenvalue weighted by Gasteiger charge is -2.29. The number of ether oxygens (including phenoxy) is 3. The van der Waals surface area contributed by atoms with Crippen LogP contribution in [0.15, 0.2) is 77.7 Å². The molecule has 0 bridgehead atoms. The Bertz CT molecular complexity index is 1460. The van der Waals surface area contributed by atoms with Gasteiger partial charge in [0.2, 0.25) is 15.9 Å². The largest absolute Gasteiger partial charge is 0.497 e. The van der Waals surface area contributed by atoms with Crippen molar-refractivity contribution in [2.75, 3.05) is 40.0 Å². The smallest absolute Gasteiger partial charge is 0.261 e. The van der Waals surface area contributed by atoms with Crippen LogP contribution in [0, 0.1) is 0 Å². The van der Waals surface area contributed by atoms with Crippen molar-refractivity contribution in [1.82, 2.24) is 14.5 Å². The maximum atomic E-state index is 13.4. The number of amides is 2. The van der Waals surface area contributed by atoms with Crippen LogP contribution in [0.5, 0.6) is 11.5 Å². The lowest BCUT2D eigenvalue weighted by atomic mass is 10.1. The van der Waals surface area contributed by atoms with Crippen molar-refractivity contribution in [1.29, 1.82) is 0 Å². The molecule has 1 saturated heterocycles. The molecule has 0 saturated carbocycles. The molecule has 0 unspecified atom stereocenters. The Kier molecular flexibility index (Phi) is 10.8. The fourth-order valence-corrected chi connectivity index (χ4v) is 5.96. The van der Waals surface area contributed by atoms with Crippen LogP contribution in [-0.4, -0.2) is 75.5 Å². The summed E-state index contributed by atoms with van der Waals surface area (Å²) in [5, 5.41) is 3.39. The average molecular weight is 616 g/mol. The number of nitrogens with zero attached hydrogens (tertiary/aromatic N) is 2. The zero-order chi connectivity index (χ0) is 30.1. The molecule has 0 radical (unpaired) electrons. The zero-order valence-electron chi connectivity index (χ0n) is 23.5. The molecule has 224 valence electrons. The number of nitrogens with one attached hydrogen (secondary N) is 1. The number of halogens is 1. The summed E-state index contributed by atoms with van der Waals surface area (Å²) < 4.78 is 43.3. The number of benzene rings is 3. The van der Waals surface area contributed by atoms with Crippen LogP contribution in [0.1, 0.15) is 18.1 Å². The van der Waals surface area contributed by atoms with E-state index in [0.29, 0.717) is 42.8 Å². The standard InChI is InChI=1S/C30H34ClN3O7S/c1-22(30(36)32-19-24-5-3-4-6-28(24)31)34(20-23-7-9-25(39-2)10-8-23)29(35)21-41-26-11-13-27(14-12-26)42(37,38)33-15-17-40-18-16-33/h3-14,22H,15-21H2,1-2H3,(H,32,36)/t22-/m1/s1. The predicted molar refractivity (Wildman–Crippen MR) is 158 cm³/mol. The molecule has 42 heavy (non-hydrogen) atoms. The first-order chi connectivity index (χ1) is 20.2. The van der Waals surface area contributed by atoms with Crippen molar-refractivity contribution in [2.24, 2.45) is 0 Å². The van der Waals surface area contributed by atoms with E-state index >= 15 is 0 Å². The molecule has 1 aliphatic rings. The Morgan fingerprint density at radius 1 is 1.00 bits per heavy atom. The molecule has 4 rings (SSSR count). The lowest BCUT2D eigenvalue weighted by molar-refractivity contribution is -0.142. The normalized spacial score (nSPS) is 14.5. The van der Waals surface area contributed by atoms with E-state index in [1.165, 1.54) is 33.5 Å². The minimum absolute atomic E-state index is 0.132. The first kappa shape index (κ1) is 31.3. The number of methoxy groups -OCH3 is 1. The summed E-state index contributed by atoms with van der Waals surface area (Å²) in [5.41, 5.74) is 1.56. The maximum absolute atomic E-state index is 13.4. The number of sulfonamides is 1.